The number of hydrogen-bond acceptors (Lipinski definition) is 9. The topological polar surface area (TPSA) is 170 Å². The molecule has 2 aromatic carbocycles. The van der Waals surface area contributed by atoms with E-state index in [-0.39, 0.29) is 35.1 Å². The van der Waals surface area contributed by atoms with Crippen LogP contribution < -0.4 is 15.4 Å². The van der Waals surface area contributed by atoms with Gasteiger partial charge in [-0.25, -0.2) is 9.59 Å². The standard InChI is InChI=1S/C26H22N4O9/c1-15-3-6-17(7-4-15)27-23(31)14-38-21-9-5-16(12-20(21)30(35)36)11-19-24(32)29(26(34)28-19)13-18-8-10-22(39-18)25(33)37-2/h3-12H,13-14H2,1-2H3,(H,27,31)(H,28,34)/b19-11-. The number of nitrogens with one attached hydrogen (secondary N) is 2. The van der Waals surface area contributed by atoms with Gasteiger partial charge >= 0.3 is 17.7 Å². The molecule has 1 fully saturated rings. The van der Waals surface area contributed by atoms with E-state index in [9.17, 15) is 29.3 Å². The number of ether oxygens (including phenoxy) is 2. The van der Waals surface area contributed by atoms with E-state index in [1.54, 1.807) is 12.1 Å². The van der Waals surface area contributed by atoms with Crippen molar-refractivity contribution in [3.8, 4) is 5.75 Å². The zero-order chi connectivity index (χ0) is 28.1. The molecule has 4 rings (SSSR count). The zero-order valence-corrected chi connectivity index (χ0v) is 20.8. The number of urea groups is 1. The van der Waals surface area contributed by atoms with Crippen LogP contribution in [0.3, 0.4) is 0 Å². The van der Waals surface area contributed by atoms with Crippen molar-refractivity contribution in [2.45, 2.75) is 13.5 Å². The highest BCUT2D eigenvalue weighted by molar-refractivity contribution is 6.13. The Morgan fingerprint density at radius 1 is 1.13 bits per heavy atom. The molecule has 200 valence electrons. The largest absolute Gasteiger partial charge is 0.477 e. The van der Waals surface area contributed by atoms with Crippen molar-refractivity contribution in [3.63, 3.8) is 0 Å². The van der Waals surface area contributed by atoms with Gasteiger partial charge in [0.1, 0.15) is 11.5 Å². The number of anilines is 1. The summed E-state index contributed by atoms with van der Waals surface area (Å²) in [5, 5.41) is 16.7. The molecule has 1 aliphatic rings. The molecule has 39 heavy (non-hydrogen) atoms. The van der Waals surface area contributed by atoms with Gasteiger partial charge in [0.15, 0.2) is 12.4 Å². The molecule has 0 aliphatic carbocycles. The normalized spacial score (nSPS) is 13.8. The van der Waals surface area contributed by atoms with E-state index in [2.05, 4.69) is 15.4 Å². The number of hydrogen-bond donors (Lipinski definition) is 2. The Hall–Kier alpha value is -5.46. The molecular formula is C26H22N4O9. The molecule has 0 atom stereocenters. The highest BCUT2D eigenvalue weighted by Gasteiger charge is 2.34. The van der Waals surface area contributed by atoms with Crippen LogP contribution in [0.1, 0.15) is 27.4 Å². The van der Waals surface area contributed by atoms with Crippen LogP contribution in [0.5, 0.6) is 5.75 Å². The smallest absolute Gasteiger partial charge is 0.373 e. The summed E-state index contributed by atoms with van der Waals surface area (Å²) in [6, 6.07) is 13.0. The van der Waals surface area contributed by atoms with E-state index in [1.165, 1.54) is 37.5 Å². The number of nitro benzene ring substituents is 1. The van der Waals surface area contributed by atoms with E-state index in [0.29, 0.717) is 5.69 Å². The van der Waals surface area contributed by atoms with Gasteiger partial charge in [-0.2, -0.15) is 0 Å². The maximum Gasteiger partial charge on any atom is 0.373 e. The third kappa shape index (κ3) is 6.28. The first-order chi connectivity index (χ1) is 18.6. The van der Waals surface area contributed by atoms with Crippen LogP contribution in [0.15, 0.2) is 64.7 Å². The average molecular weight is 534 g/mol. The second-order valence-electron chi connectivity index (χ2n) is 8.32. The molecule has 1 saturated heterocycles. The van der Waals surface area contributed by atoms with Crippen LogP contribution in [0.2, 0.25) is 0 Å². The van der Waals surface area contributed by atoms with Gasteiger partial charge in [0.05, 0.1) is 18.6 Å². The molecule has 4 amide bonds. The van der Waals surface area contributed by atoms with Gasteiger partial charge in [-0.05, 0) is 48.9 Å². The zero-order valence-electron chi connectivity index (χ0n) is 20.8. The third-order valence-corrected chi connectivity index (χ3v) is 5.51. The van der Waals surface area contributed by atoms with E-state index < -0.39 is 41.0 Å². The summed E-state index contributed by atoms with van der Waals surface area (Å²) < 4.78 is 15.2. The van der Waals surface area contributed by atoms with Crippen molar-refractivity contribution in [2.75, 3.05) is 19.0 Å². The summed E-state index contributed by atoms with van der Waals surface area (Å²) in [5.41, 5.74) is 1.24. The monoisotopic (exact) mass is 534 g/mol. The van der Waals surface area contributed by atoms with E-state index in [1.807, 2.05) is 19.1 Å². The summed E-state index contributed by atoms with van der Waals surface area (Å²) >= 11 is 0. The molecule has 0 spiro atoms. The molecule has 2 N–H and O–H groups in total. The maximum absolute atomic E-state index is 12.8. The minimum atomic E-state index is -0.740. The quantitative estimate of drug-likeness (QED) is 0.137. The highest BCUT2D eigenvalue weighted by Crippen LogP contribution is 2.29. The lowest BCUT2D eigenvalue weighted by atomic mass is 10.1. The number of methoxy groups -OCH3 is 1. The van der Waals surface area contributed by atoms with Crippen LogP contribution in [0, 0.1) is 17.0 Å². The van der Waals surface area contributed by atoms with Crippen LogP contribution >= 0.6 is 0 Å². The predicted molar refractivity (Wildman–Crippen MR) is 136 cm³/mol. The van der Waals surface area contributed by atoms with Gasteiger partial charge in [0.2, 0.25) is 5.76 Å². The molecule has 3 aromatic rings. The molecule has 2 heterocycles. The number of imide groups is 1. The van der Waals surface area contributed by atoms with Gasteiger partial charge in [-0.15, -0.1) is 0 Å². The first kappa shape index (κ1) is 26.6. The first-order valence-electron chi connectivity index (χ1n) is 11.4. The van der Waals surface area contributed by atoms with Crippen LogP contribution in [0.4, 0.5) is 16.2 Å². The highest BCUT2D eigenvalue weighted by atomic mass is 16.6. The van der Waals surface area contributed by atoms with Crippen molar-refractivity contribution in [3.05, 3.63) is 93.1 Å². The molecule has 0 radical (unpaired) electrons. The molecule has 13 nitrogen and oxygen atoms in total. The lowest BCUT2D eigenvalue weighted by Gasteiger charge is -2.09. The van der Waals surface area contributed by atoms with E-state index in [4.69, 9.17) is 9.15 Å². The number of aryl methyl sites for hydroxylation is 1. The Balaban J connectivity index is 1.44. The number of carbonyl (C=O) groups is 4. The van der Waals surface area contributed by atoms with Crippen molar-refractivity contribution in [2.24, 2.45) is 0 Å². The molecule has 13 heteroatoms. The number of amides is 4. The number of furan rings is 1. The SMILES string of the molecule is COC(=O)c1ccc(CN2C(=O)N/C(=C\c3ccc(OCC(=O)Nc4ccc(C)cc4)c([N+](=O)[O-])c3)C2=O)o1. The van der Waals surface area contributed by atoms with Crippen molar-refractivity contribution in [1.29, 1.82) is 0 Å². The molecule has 1 aliphatic heterocycles. The summed E-state index contributed by atoms with van der Waals surface area (Å²) in [4.78, 5) is 60.7. The Morgan fingerprint density at radius 3 is 2.56 bits per heavy atom. The second-order valence-corrected chi connectivity index (χ2v) is 8.32. The van der Waals surface area contributed by atoms with Crippen molar-refractivity contribution in [1.82, 2.24) is 10.2 Å². The van der Waals surface area contributed by atoms with Gasteiger partial charge in [-0.3, -0.25) is 24.6 Å². The van der Waals surface area contributed by atoms with E-state index in [0.717, 1.165) is 16.5 Å². The van der Waals surface area contributed by atoms with Crippen molar-refractivity contribution < 1.29 is 38.0 Å². The lowest BCUT2D eigenvalue weighted by Crippen LogP contribution is -2.30. The van der Waals surface area contributed by atoms with Gasteiger partial charge in [0.25, 0.3) is 11.8 Å². The Bertz CT molecular complexity index is 1490. The Kier molecular flexibility index (Phi) is 7.70. The molecule has 0 saturated carbocycles. The molecule has 1 aromatic heterocycles. The fraction of sp³-hybridized carbons (Fsp3) is 0.154. The number of carbonyl (C=O) groups excluding carboxylic acids is 4. The molecule has 0 unspecified atom stereocenters. The fourth-order valence-corrected chi connectivity index (χ4v) is 3.58. The average Bonchev–Trinajstić information content (AvgIpc) is 3.49. The van der Waals surface area contributed by atoms with Crippen molar-refractivity contribution >= 4 is 41.3 Å². The fourth-order valence-electron chi connectivity index (χ4n) is 3.58. The molecular weight excluding hydrogens is 512 g/mol. The van der Waals surface area contributed by atoms with Gasteiger partial charge in [-0.1, -0.05) is 23.8 Å². The summed E-state index contributed by atoms with van der Waals surface area (Å²) in [6.45, 7) is 1.18. The van der Waals surface area contributed by atoms with Crippen LogP contribution in [-0.4, -0.2) is 47.4 Å². The minimum Gasteiger partial charge on any atom is -0.477 e. The number of rotatable bonds is 9. The summed E-state index contributed by atoms with van der Waals surface area (Å²) in [6.07, 6.45) is 1.27. The number of esters is 1. The van der Waals surface area contributed by atoms with Gasteiger partial charge < -0.3 is 24.5 Å². The maximum atomic E-state index is 12.8. The van der Waals surface area contributed by atoms with Gasteiger partial charge in [0, 0.05) is 11.8 Å². The Morgan fingerprint density at radius 2 is 1.87 bits per heavy atom. The number of nitrogens with zero attached hydrogens (tertiary/aromatic N) is 2. The number of benzene rings is 2. The summed E-state index contributed by atoms with van der Waals surface area (Å²) in [5.74, 6) is -1.98. The lowest BCUT2D eigenvalue weighted by molar-refractivity contribution is -0.385. The summed E-state index contributed by atoms with van der Waals surface area (Å²) in [7, 11) is 1.19. The minimum absolute atomic E-state index is 0.0856. The van der Waals surface area contributed by atoms with E-state index >= 15 is 0 Å². The Labute approximate surface area is 221 Å². The first-order valence-corrected chi connectivity index (χ1v) is 11.4. The molecule has 0 bridgehead atoms. The predicted octanol–water partition coefficient (Wildman–Crippen LogP) is 3.39. The van der Waals surface area contributed by atoms with Crippen LogP contribution in [-0.2, 0) is 20.9 Å². The number of nitro groups is 1. The third-order valence-electron chi connectivity index (χ3n) is 5.51. The van der Waals surface area contributed by atoms with Crippen LogP contribution in [0.25, 0.3) is 6.08 Å². The second kappa shape index (κ2) is 11.3.